The molecule has 0 aliphatic rings. The lowest BCUT2D eigenvalue weighted by Crippen LogP contribution is -2.30. The van der Waals surface area contributed by atoms with Gasteiger partial charge >= 0.3 is 5.97 Å². The maximum atomic E-state index is 11.7. The topological polar surface area (TPSA) is 94.3 Å². The molecule has 18 heavy (non-hydrogen) atoms. The number of nitrogens with two attached hydrogens (primary N) is 1. The maximum absolute atomic E-state index is 11.7. The largest absolute Gasteiger partial charge is 0.468 e. The lowest BCUT2D eigenvalue weighted by molar-refractivity contribution is -0.139. The van der Waals surface area contributed by atoms with Crippen molar-refractivity contribution < 1.29 is 14.3 Å². The lowest BCUT2D eigenvalue weighted by atomic mass is 10.2. The molecule has 0 aliphatic heterocycles. The number of carbonyl (C=O) groups is 2. The highest BCUT2D eigenvalue weighted by Crippen LogP contribution is 2.24. The molecule has 0 radical (unpaired) electrons. The Morgan fingerprint density at radius 1 is 1.50 bits per heavy atom. The van der Waals surface area contributed by atoms with Crippen molar-refractivity contribution in [2.75, 3.05) is 19.4 Å². The molecule has 94 valence electrons. The van der Waals surface area contributed by atoms with E-state index in [9.17, 15) is 9.59 Å². The summed E-state index contributed by atoms with van der Waals surface area (Å²) in [6, 6.07) is 5.07. The number of carbonyl (C=O) groups excluding carboxylic acids is 2. The number of esters is 1. The Hall–Kier alpha value is -2.15. The molecule has 2 aromatic rings. The number of methoxy groups -OCH3 is 1. The van der Waals surface area contributed by atoms with Crippen LogP contribution in [0.5, 0.6) is 0 Å². The first-order valence-corrected chi connectivity index (χ1v) is 5.93. The van der Waals surface area contributed by atoms with E-state index >= 15 is 0 Å². The van der Waals surface area contributed by atoms with E-state index in [-0.39, 0.29) is 12.5 Å². The molecule has 7 heteroatoms. The minimum absolute atomic E-state index is 0.160. The van der Waals surface area contributed by atoms with Gasteiger partial charge in [-0.1, -0.05) is 11.3 Å². The smallest absolute Gasteiger partial charge is 0.325 e. The van der Waals surface area contributed by atoms with Crippen LogP contribution in [0.3, 0.4) is 0 Å². The molecule has 1 aromatic heterocycles. The Balaban J connectivity index is 2.15. The van der Waals surface area contributed by atoms with Gasteiger partial charge in [0.2, 0.25) is 0 Å². The van der Waals surface area contributed by atoms with E-state index < -0.39 is 5.97 Å². The van der Waals surface area contributed by atoms with Crippen LogP contribution < -0.4 is 11.1 Å². The fourth-order valence-electron chi connectivity index (χ4n) is 1.41. The van der Waals surface area contributed by atoms with Crippen LogP contribution in [0.1, 0.15) is 10.4 Å². The number of nitrogens with zero attached hydrogens (tertiary/aromatic N) is 1. The van der Waals surface area contributed by atoms with Crippen molar-refractivity contribution in [2.24, 2.45) is 0 Å². The summed E-state index contributed by atoms with van der Waals surface area (Å²) in [7, 11) is 1.26. The van der Waals surface area contributed by atoms with Crippen molar-refractivity contribution in [1.82, 2.24) is 10.3 Å². The summed E-state index contributed by atoms with van der Waals surface area (Å²) in [6.07, 6.45) is 0. The summed E-state index contributed by atoms with van der Waals surface area (Å²) in [5.41, 5.74) is 6.68. The Kier molecular flexibility index (Phi) is 3.42. The minimum atomic E-state index is -0.498. The van der Waals surface area contributed by atoms with Crippen molar-refractivity contribution in [1.29, 1.82) is 0 Å². The molecule has 2 rings (SSSR count). The van der Waals surface area contributed by atoms with Gasteiger partial charge in [0.15, 0.2) is 5.13 Å². The summed E-state index contributed by atoms with van der Waals surface area (Å²) in [5.74, 6) is -0.851. The number of amides is 1. The fraction of sp³-hybridized carbons (Fsp3) is 0.182. The molecule has 0 unspecified atom stereocenters. The van der Waals surface area contributed by atoms with Gasteiger partial charge in [0, 0.05) is 5.56 Å². The first-order chi connectivity index (χ1) is 8.60. The second kappa shape index (κ2) is 5.01. The highest BCUT2D eigenvalue weighted by molar-refractivity contribution is 7.22. The molecular formula is C11H11N3O3S. The predicted octanol–water partition coefficient (Wildman–Crippen LogP) is 0.781. The Bertz CT molecular complexity index is 609. The Morgan fingerprint density at radius 3 is 3.00 bits per heavy atom. The van der Waals surface area contributed by atoms with Crippen molar-refractivity contribution >= 4 is 38.6 Å². The number of nitrogens with one attached hydrogen (secondary N) is 1. The summed E-state index contributed by atoms with van der Waals surface area (Å²) < 4.78 is 5.34. The minimum Gasteiger partial charge on any atom is -0.468 e. The van der Waals surface area contributed by atoms with E-state index in [1.807, 2.05) is 0 Å². The zero-order valence-corrected chi connectivity index (χ0v) is 10.4. The van der Waals surface area contributed by atoms with Gasteiger partial charge in [-0.05, 0) is 18.2 Å². The van der Waals surface area contributed by atoms with E-state index in [2.05, 4.69) is 15.0 Å². The van der Waals surface area contributed by atoms with Gasteiger partial charge in [-0.2, -0.15) is 0 Å². The number of benzene rings is 1. The quantitative estimate of drug-likeness (QED) is 0.800. The molecular weight excluding hydrogens is 254 g/mol. The predicted molar refractivity (Wildman–Crippen MR) is 68.4 cm³/mol. The van der Waals surface area contributed by atoms with Gasteiger partial charge in [-0.3, -0.25) is 9.59 Å². The zero-order valence-electron chi connectivity index (χ0n) is 9.60. The molecule has 1 amide bonds. The average Bonchev–Trinajstić information content (AvgIpc) is 2.74. The van der Waals surface area contributed by atoms with E-state index in [1.165, 1.54) is 18.4 Å². The van der Waals surface area contributed by atoms with E-state index in [1.54, 1.807) is 18.2 Å². The molecule has 0 bridgehead atoms. The zero-order chi connectivity index (χ0) is 13.1. The van der Waals surface area contributed by atoms with Crippen molar-refractivity contribution in [3.8, 4) is 0 Å². The van der Waals surface area contributed by atoms with Crippen LogP contribution in [0.2, 0.25) is 0 Å². The Labute approximate surface area is 107 Å². The summed E-state index contributed by atoms with van der Waals surface area (Å²) in [6.45, 7) is -0.160. The van der Waals surface area contributed by atoms with Crippen LogP contribution in [0, 0.1) is 0 Å². The first kappa shape index (κ1) is 12.3. The summed E-state index contributed by atoms with van der Waals surface area (Å²) >= 11 is 1.36. The van der Waals surface area contributed by atoms with Gasteiger partial charge in [0.25, 0.3) is 5.91 Å². The monoisotopic (exact) mass is 265 g/mol. The van der Waals surface area contributed by atoms with Crippen LogP contribution >= 0.6 is 11.3 Å². The highest BCUT2D eigenvalue weighted by atomic mass is 32.1. The van der Waals surface area contributed by atoms with Gasteiger partial charge in [-0.15, -0.1) is 0 Å². The fourth-order valence-corrected chi connectivity index (χ4v) is 2.13. The van der Waals surface area contributed by atoms with Crippen molar-refractivity contribution in [2.45, 2.75) is 0 Å². The van der Waals surface area contributed by atoms with Crippen LogP contribution in [-0.4, -0.2) is 30.5 Å². The number of ether oxygens (including phenoxy) is 1. The standard InChI is InChI=1S/C11H11N3O3S/c1-17-9(15)5-13-10(16)6-2-3-8-7(4-6)14-11(12)18-8/h2-4H,5H2,1H3,(H2,12,14)(H,13,16). The Morgan fingerprint density at radius 2 is 2.28 bits per heavy atom. The molecule has 0 aliphatic carbocycles. The third-order valence-corrected chi connectivity index (χ3v) is 3.15. The molecule has 0 saturated carbocycles. The van der Waals surface area contributed by atoms with Crippen molar-refractivity contribution in [3.05, 3.63) is 23.8 Å². The maximum Gasteiger partial charge on any atom is 0.325 e. The molecule has 0 fully saturated rings. The SMILES string of the molecule is COC(=O)CNC(=O)c1ccc2sc(N)nc2c1. The number of hydrogen-bond donors (Lipinski definition) is 2. The molecule has 1 heterocycles. The van der Waals surface area contributed by atoms with Gasteiger partial charge in [-0.25, -0.2) is 4.98 Å². The van der Waals surface area contributed by atoms with Crippen LogP contribution in [-0.2, 0) is 9.53 Å². The third-order valence-electron chi connectivity index (χ3n) is 2.29. The number of nitrogen functional groups attached to an aromatic ring is 1. The summed E-state index contributed by atoms with van der Waals surface area (Å²) in [4.78, 5) is 26.7. The van der Waals surface area contributed by atoms with E-state index in [4.69, 9.17) is 5.73 Å². The second-order valence-corrected chi connectivity index (χ2v) is 4.56. The average molecular weight is 265 g/mol. The molecule has 1 aromatic carbocycles. The number of fused-ring (bicyclic) bond motifs is 1. The number of rotatable bonds is 3. The van der Waals surface area contributed by atoms with Gasteiger partial charge < -0.3 is 15.8 Å². The van der Waals surface area contributed by atoms with Crippen molar-refractivity contribution in [3.63, 3.8) is 0 Å². The third kappa shape index (κ3) is 2.57. The summed E-state index contributed by atoms with van der Waals surface area (Å²) in [5, 5.41) is 2.91. The van der Waals surface area contributed by atoms with Crippen LogP contribution in [0.15, 0.2) is 18.2 Å². The number of anilines is 1. The molecule has 0 spiro atoms. The lowest BCUT2D eigenvalue weighted by Gasteiger charge is -2.03. The van der Waals surface area contributed by atoms with Gasteiger partial charge in [0.1, 0.15) is 6.54 Å². The molecule has 6 nitrogen and oxygen atoms in total. The number of aromatic nitrogens is 1. The van der Waals surface area contributed by atoms with Crippen LogP contribution in [0.4, 0.5) is 5.13 Å². The number of thiazole rings is 1. The normalized spacial score (nSPS) is 10.3. The van der Waals surface area contributed by atoms with Gasteiger partial charge in [0.05, 0.1) is 17.3 Å². The number of hydrogen-bond acceptors (Lipinski definition) is 6. The molecule has 0 saturated heterocycles. The second-order valence-electron chi connectivity index (χ2n) is 3.49. The highest BCUT2D eigenvalue weighted by Gasteiger charge is 2.10. The van der Waals surface area contributed by atoms with E-state index in [0.29, 0.717) is 16.2 Å². The first-order valence-electron chi connectivity index (χ1n) is 5.11. The van der Waals surface area contributed by atoms with E-state index in [0.717, 1.165) is 4.70 Å². The molecule has 3 N–H and O–H groups in total. The molecule has 0 atom stereocenters. The van der Waals surface area contributed by atoms with Crippen LogP contribution in [0.25, 0.3) is 10.2 Å².